The molecule has 5 nitrogen and oxygen atoms in total. The highest BCUT2D eigenvalue weighted by Crippen LogP contribution is 2.35. The number of hydrogen-bond acceptors (Lipinski definition) is 4. The fourth-order valence-electron chi connectivity index (χ4n) is 5.33. The van der Waals surface area contributed by atoms with Crippen molar-refractivity contribution >= 4 is 5.91 Å². The van der Waals surface area contributed by atoms with Crippen molar-refractivity contribution in [2.75, 3.05) is 52.9 Å². The summed E-state index contributed by atoms with van der Waals surface area (Å²) in [5.41, 5.74) is 2.27. The Morgan fingerprint density at radius 1 is 1.21 bits per heavy atom. The largest absolute Gasteiger partial charge is 0.350 e. The van der Waals surface area contributed by atoms with Gasteiger partial charge in [-0.15, -0.1) is 0 Å². The van der Waals surface area contributed by atoms with Crippen LogP contribution in [0, 0.1) is 5.92 Å². The van der Waals surface area contributed by atoms with E-state index in [0.29, 0.717) is 5.92 Å². The summed E-state index contributed by atoms with van der Waals surface area (Å²) >= 11 is 0. The minimum absolute atomic E-state index is 0.0896. The minimum atomic E-state index is 0.0896. The van der Waals surface area contributed by atoms with Crippen molar-refractivity contribution in [3.8, 4) is 0 Å². The van der Waals surface area contributed by atoms with Crippen molar-refractivity contribution in [3.63, 3.8) is 0 Å². The Morgan fingerprint density at radius 3 is 2.71 bits per heavy atom. The molecular weight excluding hydrogens is 348 g/mol. The van der Waals surface area contributed by atoms with Gasteiger partial charge in [-0.1, -0.05) is 25.0 Å². The van der Waals surface area contributed by atoms with E-state index >= 15 is 0 Å². The monoisotopic (exact) mass is 384 g/mol. The van der Waals surface area contributed by atoms with Crippen LogP contribution in [0.25, 0.3) is 0 Å². The van der Waals surface area contributed by atoms with E-state index in [-0.39, 0.29) is 11.4 Å². The molecule has 0 radical (unpaired) electrons. The van der Waals surface area contributed by atoms with Crippen molar-refractivity contribution in [2.45, 2.75) is 44.1 Å². The van der Waals surface area contributed by atoms with Gasteiger partial charge in [0, 0.05) is 43.8 Å². The Labute approximate surface area is 169 Å². The smallest absolute Gasteiger partial charge is 0.251 e. The number of rotatable bonds is 6. The van der Waals surface area contributed by atoms with Gasteiger partial charge >= 0.3 is 0 Å². The lowest BCUT2D eigenvalue weighted by atomic mass is 9.93. The topological polar surface area (TPSA) is 47.6 Å². The summed E-state index contributed by atoms with van der Waals surface area (Å²) < 4.78 is 0. The number of piperazine rings is 1. The maximum Gasteiger partial charge on any atom is 0.251 e. The van der Waals surface area contributed by atoms with Crippen molar-refractivity contribution < 1.29 is 4.79 Å². The van der Waals surface area contributed by atoms with E-state index in [1.165, 1.54) is 37.7 Å². The first kappa shape index (κ1) is 19.9. The summed E-state index contributed by atoms with van der Waals surface area (Å²) in [6, 6.07) is 8.27. The average molecular weight is 385 g/mol. The van der Waals surface area contributed by atoms with Crippen LogP contribution in [-0.4, -0.2) is 74.1 Å². The summed E-state index contributed by atoms with van der Waals surface area (Å²) in [5.74, 6) is 0.795. The minimum Gasteiger partial charge on any atom is -0.350 e. The standard InChI is InChI=1S/C23H36N4O/c1-26-11-13-27(14-12-26)23(8-2-3-9-23)18-25-22(28)21-6-4-5-19(16-21)15-20-7-10-24-17-20/h4-6,16,20,24H,2-3,7-15,17-18H2,1H3,(H,25,28). The molecule has 1 atom stereocenters. The Bertz CT molecular complexity index is 656. The van der Waals surface area contributed by atoms with Gasteiger partial charge < -0.3 is 15.5 Å². The van der Waals surface area contributed by atoms with E-state index in [2.05, 4.69) is 39.6 Å². The summed E-state index contributed by atoms with van der Waals surface area (Å²) in [5, 5.41) is 6.74. The lowest BCUT2D eigenvalue weighted by Gasteiger charge is -2.45. The first-order chi connectivity index (χ1) is 13.6. The average Bonchev–Trinajstić information content (AvgIpc) is 3.40. The first-order valence-electron chi connectivity index (χ1n) is 11.2. The van der Waals surface area contributed by atoms with E-state index < -0.39 is 0 Å². The number of benzene rings is 1. The molecule has 1 unspecified atom stereocenters. The molecule has 0 aromatic heterocycles. The van der Waals surface area contributed by atoms with E-state index in [4.69, 9.17) is 0 Å². The van der Waals surface area contributed by atoms with Crippen LogP contribution in [0.15, 0.2) is 24.3 Å². The molecule has 1 aromatic carbocycles. The van der Waals surface area contributed by atoms with E-state index in [9.17, 15) is 4.79 Å². The van der Waals surface area contributed by atoms with Crippen LogP contribution in [0.4, 0.5) is 0 Å². The molecule has 1 aliphatic carbocycles. The highest BCUT2D eigenvalue weighted by atomic mass is 16.1. The van der Waals surface area contributed by atoms with Crippen LogP contribution in [-0.2, 0) is 6.42 Å². The number of carbonyl (C=O) groups is 1. The molecule has 2 N–H and O–H groups in total. The van der Waals surface area contributed by atoms with E-state index in [0.717, 1.165) is 57.8 Å². The van der Waals surface area contributed by atoms with Crippen molar-refractivity contribution in [1.29, 1.82) is 0 Å². The third-order valence-corrected chi connectivity index (χ3v) is 7.16. The molecule has 3 fully saturated rings. The lowest BCUT2D eigenvalue weighted by molar-refractivity contribution is 0.0414. The SMILES string of the molecule is CN1CCN(C2(CNC(=O)c3cccc(CC4CCNC4)c3)CCCC2)CC1. The maximum absolute atomic E-state index is 12.9. The normalized spacial score (nSPS) is 25.8. The molecule has 0 bridgehead atoms. The Kier molecular flexibility index (Phi) is 6.34. The zero-order valence-corrected chi connectivity index (χ0v) is 17.4. The second-order valence-corrected chi connectivity index (χ2v) is 9.17. The predicted molar refractivity (Wildman–Crippen MR) is 114 cm³/mol. The number of amides is 1. The van der Waals surface area contributed by atoms with Gasteiger partial charge in [0.1, 0.15) is 0 Å². The summed E-state index contributed by atoms with van der Waals surface area (Å²) in [4.78, 5) is 18.0. The summed E-state index contributed by atoms with van der Waals surface area (Å²) in [7, 11) is 2.20. The molecule has 1 aromatic rings. The fraction of sp³-hybridized carbons (Fsp3) is 0.696. The molecule has 2 aliphatic heterocycles. The number of hydrogen-bond donors (Lipinski definition) is 2. The Balaban J connectivity index is 1.37. The van der Waals surface area contributed by atoms with Gasteiger partial charge in [-0.3, -0.25) is 9.69 Å². The number of nitrogens with one attached hydrogen (secondary N) is 2. The second kappa shape index (κ2) is 8.93. The summed E-state index contributed by atoms with van der Waals surface area (Å²) in [6.07, 6.45) is 7.31. The van der Waals surface area contributed by atoms with Crippen molar-refractivity contribution in [3.05, 3.63) is 35.4 Å². The quantitative estimate of drug-likeness (QED) is 0.789. The molecular formula is C23H36N4O. The van der Waals surface area contributed by atoms with Crippen LogP contribution >= 0.6 is 0 Å². The van der Waals surface area contributed by atoms with Crippen molar-refractivity contribution in [2.24, 2.45) is 5.92 Å². The maximum atomic E-state index is 12.9. The Morgan fingerprint density at radius 2 is 2.00 bits per heavy atom. The van der Waals surface area contributed by atoms with Crippen LogP contribution in [0.1, 0.15) is 48.0 Å². The molecule has 2 heterocycles. The van der Waals surface area contributed by atoms with Gasteiger partial charge in [-0.05, 0) is 69.4 Å². The molecule has 4 rings (SSSR count). The molecule has 1 amide bonds. The van der Waals surface area contributed by atoms with Gasteiger partial charge in [0.15, 0.2) is 0 Å². The second-order valence-electron chi connectivity index (χ2n) is 9.17. The number of nitrogens with zero attached hydrogens (tertiary/aromatic N) is 2. The van der Waals surface area contributed by atoms with Crippen molar-refractivity contribution in [1.82, 2.24) is 20.4 Å². The van der Waals surface area contributed by atoms with Gasteiger partial charge in [0.05, 0.1) is 0 Å². The van der Waals surface area contributed by atoms with Gasteiger partial charge in [0.25, 0.3) is 5.91 Å². The highest BCUT2D eigenvalue weighted by Gasteiger charge is 2.40. The first-order valence-corrected chi connectivity index (χ1v) is 11.2. The lowest BCUT2D eigenvalue weighted by Crippen LogP contribution is -2.59. The van der Waals surface area contributed by atoms with Crippen LogP contribution in [0.2, 0.25) is 0 Å². The summed E-state index contributed by atoms with van der Waals surface area (Å²) in [6.45, 7) is 7.52. The molecule has 5 heteroatoms. The molecule has 28 heavy (non-hydrogen) atoms. The molecule has 1 saturated carbocycles. The fourth-order valence-corrected chi connectivity index (χ4v) is 5.33. The van der Waals surface area contributed by atoms with Gasteiger partial charge in [-0.25, -0.2) is 0 Å². The molecule has 3 aliphatic rings. The van der Waals surface area contributed by atoms with Gasteiger partial charge in [0.2, 0.25) is 0 Å². The van der Waals surface area contributed by atoms with Crippen LogP contribution < -0.4 is 10.6 Å². The highest BCUT2D eigenvalue weighted by molar-refractivity contribution is 5.94. The molecule has 154 valence electrons. The molecule has 2 saturated heterocycles. The van der Waals surface area contributed by atoms with Gasteiger partial charge in [-0.2, -0.15) is 0 Å². The van der Waals surface area contributed by atoms with E-state index in [1.54, 1.807) is 0 Å². The number of likely N-dealkylation sites (N-methyl/N-ethyl adjacent to an activating group) is 1. The predicted octanol–water partition coefficient (Wildman–Crippen LogP) is 2.13. The third-order valence-electron chi connectivity index (χ3n) is 7.16. The number of carbonyl (C=O) groups excluding carboxylic acids is 1. The Hall–Kier alpha value is -1.43. The zero-order valence-electron chi connectivity index (χ0n) is 17.4. The third kappa shape index (κ3) is 4.58. The molecule has 0 spiro atoms. The van der Waals surface area contributed by atoms with E-state index in [1.807, 2.05) is 12.1 Å². The zero-order chi connectivity index (χ0) is 19.4. The van der Waals surface area contributed by atoms with Crippen LogP contribution in [0.3, 0.4) is 0 Å². The van der Waals surface area contributed by atoms with Crippen LogP contribution in [0.5, 0.6) is 0 Å².